The van der Waals surface area contributed by atoms with Gasteiger partial charge < -0.3 is 10.2 Å². The summed E-state index contributed by atoms with van der Waals surface area (Å²) >= 11 is 18.4. The normalized spacial score (nSPS) is 10.5. The first-order valence-corrected chi connectivity index (χ1v) is 9.32. The number of nitrogens with zero attached hydrogens (tertiary/aromatic N) is 1. The first-order chi connectivity index (χ1) is 12.4. The van der Waals surface area contributed by atoms with E-state index in [-0.39, 0.29) is 23.3 Å². The standard InChI is InChI=1S/C19H19Cl3N2O2/c1-3-24(4-2)19(26)13-9-8-12(10-17(13)22)23-18(25)11-14-15(20)6-5-7-16(14)21/h5-10H,3-4,11H2,1-2H3,(H,23,25). The third-order valence-electron chi connectivity index (χ3n) is 3.93. The number of hydrogen-bond donors (Lipinski definition) is 1. The number of nitrogens with one attached hydrogen (secondary N) is 1. The van der Waals surface area contributed by atoms with E-state index in [0.29, 0.717) is 39.9 Å². The van der Waals surface area contributed by atoms with Crippen molar-refractivity contribution in [2.24, 2.45) is 0 Å². The van der Waals surface area contributed by atoms with E-state index in [1.165, 1.54) is 0 Å². The van der Waals surface area contributed by atoms with E-state index in [1.807, 2.05) is 13.8 Å². The molecule has 0 aliphatic carbocycles. The van der Waals surface area contributed by atoms with Crippen LogP contribution in [0.1, 0.15) is 29.8 Å². The largest absolute Gasteiger partial charge is 0.339 e. The van der Waals surface area contributed by atoms with Crippen LogP contribution >= 0.6 is 34.8 Å². The van der Waals surface area contributed by atoms with Gasteiger partial charge in [0, 0.05) is 28.8 Å². The number of anilines is 1. The molecule has 0 heterocycles. The molecule has 4 nitrogen and oxygen atoms in total. The number of rotatable bonds is 6. The van der Waals surface area contributed by atoms with E-state index in [9.17, 15) is 9.59 Å². The van der Waals surface area contributed by atoms with Crippen molar-refractivity contribution in [3.63, 3.8) is 0 Å². The lowest BCUT2D eigenvalue weighted by Crippen LogP contribution is -2.30. The van der Waals surface area contributed by atoms with Gasteiger partial charge in [0.15, 0.2) is 0 Å². The summed E-state index contributed by atoms with van der Waals surface area (Å²) < 4.78 is 0. The first kappa shape index (κ1) is 20.6. The molecule has 2 rings (SSSR count). The molecular weight excluding hydrogens is 395 g/mol. The summed E-state index contributed by atoms with van der Waals surface area (Å²) in [4.78, 5) is 26.4. The highest BCUT2D eigenvalue weighted by Crippen LogP contribution is 2.26. The molecule has 0 atom stereocenters. The van der Waals surface area contributed by atoms with Crippen LogP contribution in [-0.2, 0) is 11.2 Å². The van der Waals surface area contributed by atoms with Gasteiger partial charge in [0.1, 0.15) is 0 Å². The van der Waals surface area contributed by atoms with E-state index in [1.54, 1.807) is 41.3 Å². The van der Waals surface area contributed by atoms with Crippen molar-refractivity contribution in [3.05, 3.63) is 62.6 Å². The van der Waals surface area contributed by atoms with Crippen LogP contribution in [0.15, 0.2) is 36.4 Å². The number of hydrogen-bond acceptors (Lipinski definition) is 2. The molecule has 0 spiro atoms. The van der Waals surface area contributed by atoms with Crippen LogP contribution in [0.4, 0.5) is 5.69 Å². The second-order valence-corrected chi connectivity index (χ2v) is 6.82. The Morgan fingerprint density at radius 3 is 2.12 bits per heavy atom. The van der Waals surface area contributed by atoms with Crippen LogP contribution in [0.3, 0.4) is 0 Å². The van der Waals surface area contributed by atoms with E-state index < -0.39 is 0 Å². The maximum absolute atomic E-state index is 12.4. The quantitative estimate of drug-likeness (QED) is 0.697. The molecule has 0 aromatic heterocycles. The topological polar surface area (TPSA) is 49.4 Å². The Labute approximate surface area is 168 Å². The van der Waals surface area contributed by atoms with Crippen LogP contribution in [0.5, 0.6) is 0 Å². The van der Waals surface area contributed by atoms with Crippen molar-refractivity contribution in [1.29, 1.82) is 0 Å². The molecule has 138 valence electrons. The molecule has 0 unspecified atom stereocenters. The van der Waals surface area contributed by atoms with Gasteiger partial charge in [-0.25, -0.2) is 0 Å². The smallest absolute Gasteiger partial charge is 0.255 e. The summed E-state index contributed by atoms with van der Waals surface area (Å²) in [5.74, 6) is -0.417. The Balaban J connectivity index is 2.12. The van der Waals surface area contributed by atoms with Crippen LogP contribution in [0, 0.1) is 0 Å². The Bertz CT molecular complexity index is 800. The van der Waals surface area contributed by atoms with E-state index >= 15 is 0 Å². The zero-order valence-electron chi connectivity index (χ0n) is 14.5. The molecule has 7 heteroatoms. The van der Waals surface area contributed by atoms with Crippen LogP contribution in [-0.4, -0.2) is 29.8 Å². The van der Waals surface area contributed by atoms with E-state index in [4.69, 9.17) is 34.8 Å². The second kappa shape index (κ2) is 9.26. The molecule has 0 radical (unpaired) electrons. The van der Waals surface area contributed by atoms with Gasteiger partial charge in [0.05, 0.1) is 17.0 Å². The molecule has 0 saturated heterocycles. The van der Waals surface area contributed by atoms with Gasteiger partial charge in [-0.1, -0.05) is 40.9 Å². The minimum Gasteiger partial charge on any atom is -0.339 e. The zero-order chi connectivity index (χ0) is 19.3. The SMILES string of the molecule is CCN(CC)C(=O)c1ccc(NC(=O)Cc2c(Cl)cccc2Cl)cc1Cl. The van der Waals surface area contributed by atoms with Crippen molar-refractivity contribution in [2.45, 2.75) is 20.3 Å². The fourth-order valence-corrected chi connectivity index (χ4v) is 3.31. The van der Waals surface area contributed by atoms with Gasteiger partial charge in [-0.05, 0) is 49.7 Å². The molecule has 26 heavy (non-hydrogen) atoms. The number of benzene rings is 2. The zero-order valence-corrected chi connectivity index (χ0v) is 16.8. The van der Waals surface area contributed by atoms with Crippen molar-refractivity contribution in [2.75, 3.05) is 18.4 Å². The Morgan fingerprint density at radius 2 is 1.58 bits per heavy atom. The Kier molecular flexibility index (Phi) is 7.33. The molecular formula is C19H19Cl3N2O2. The molecule has 1 N–H and O–H groups in total. The molecule has 0 saturated carbocycles. The lowest BCUT2D eigenvalue weighted by molar-refractivity contribution is -0.115. The molecule has 2 aromatic rings. The van der Waals surface area contributed by atoms with Gasteiger partial charge in [-0.2, -0.15) is 0 Å². The Hall–Kier alpha value is -1.75. The molecule has 0 aliphatic heterocycles. The van der Waals surface area contributed by atoms with Crippen molar-refractivity contribution in [1.82, 2.24) is 4.90 Å². The molecule has 0 aliphatic rings. The third kappa shape index (κ3) is 4.91. The minimum atomic E-state index is -0.279. The van der Waals surface area contributed by atoms with Crippen molar-refractivity contribution in [3.8, 4) is 0 Å². The highest BCUT2D eigenvalue weighted by atomic mass is 35.5. The second-order valence-electron chi connectivity index (χ2n) is 5.60. The number of carbonyl (C=O) groups is 2. The van der Waals surface area contributed by atoms with Crippen molar-refractivity contribution >= 4 is 52.3 Å². The van der Waals surface area contributed by atoms with Gasteiger partial charge >= 0.3 is 0 Å². The minimum absolute atomic E-state index is 0.0380. The van der Waals surface area contributed by atoms with Crippen molar-refractivity contribution < 1.29 is 9.59 Å². The van der Waals surface area contributed by atoms with E-state index in [2.05, 4.69) is 5.32 Å². The monoisotopic (exact) mass is 412 g/mol. The predicted molar refractivity (Wildman–Crippen MR) is 107 cm³/mol. The average molecular weight is 414 g/mol. The van der Waals surface area contributed by atoms with Crippen LogP contribution < -0.4 is 5.32 Å². The maximum atomic E-state index is 12.4. The number of halogens is 3. The van der Waals surface area contributed by atoms with Crippen LogP contribution in [0.2, 0.25) is 15.1 Å². The summed E-state index contributed by atoms with van der Waals surface area (Å²) in [5, 5.41) is 3.90. The summed E-state index contributed by atoms with van der Waals surface area (Å²) in [6.07, 6.45) is 0.0380. The fourth-order valence-electron chi connectivity index (χ4n) is 2.51. The summed E-state index contributed by atoms with van der Waals surface area (Å²) in [6.45, 7) is 5.01. The molecule has 0 fully saturated rings. The maximum Gasteiger partial charge on any atom is 0.255 e. The lowest BCUT2D eigenvalue weighted by atomic mass is 10.1. The van der Waals surface area contributed by atoms with Gasteiger partial charge in [0.2, 0.25) is 5.91 Å². The molecule has 2 amide bonds. The summed E-state index contributed by atoms with van der Waals surface area (Å²) in [6, 6.07) is 9.90. The lowest BCUT2D eigenvalue weighted by Gasteiger charge is -2.19. The number of carbonyl (C=O) groups excluding carboxylic acids is 2. The highest BCUT2D eigenvalue weighted by molar-refractivity contribution is 6.36. The molecule has 2 aromatic carbocycles. The summed E-state index contributed by atoms with van der Waals surface area (Å²) in [5.41, 5.74) is 1.47. The average Bonchev–Trinajstić information content (AvgIpc) is 2.59. The highest BCUT2D eigenvalue weighted by Gasteiger charge is 2.17. The van der Waals surface area contributed by atoms with Gasteiger partial charge in [-0.3, -0.25) is 9.59 Å². The third-order valence-corrected chi connectivity index (χ3v) is 4.95. The Morgan fingerprint density at radius 1 is 0.962 bits per heavy atom. The first-order valence-electron chi connectivity index (χ1n) is 8.18. The predicted octanol–water partition coefficient (Wildman–Crippen LogP) is 5.31. The molecule has 0 bridgehead atoms. The van der Waals surface area contributed by atoms with Gasteiger partial charge in [-0.15, -0.1) is 0 Å². The van der Waals surface area contributed by atoms with Gasteiger partial charge in [0.25, 0.3) is 5.91 Å². The van der Waals surface area contributed by atoms with E-state index in [0.717, 1.165) is 0 Å². The van der Waals surface area contributed by atoms with Crippen LogP contribution in [0.25, 0.3) is 0 Å². The number of amides is 2. The summed E-state index contributed by atoms with van der Waals surface area (Å²) in [7, 11) is 0. The fraction of sp³-hybridized carbons (Fsp3) is 0.263.